The van der Waals surface area contributed by atoms with Crippen molar-refractivity contribution in [1.29, 1.82) is 0 Å². The van der Waals surface area contributed by atoms with Gasteiger partial charge in [-0.3, -0.25) is 4.79 Å². The fourth-order valence-electron chi connectivity index (χ4n) is 5.09. The molecule has 3 N–H and O–H groups in total. The van der Waals surface area contributed by atoms with E-state index in [9.17, 15) is 9.18 Å². The lowest BCUT2D eigenvalue weighted by Gasteiger charge is -2.33. The summed E-state index contributed by atoms with van der Waals surface area (Å²) in [5, 5.41) is 2.84. The normalized spacial score (nSPS) is 20.2. The highest BCUT2D eigenvalue weighted by Gasteiger charge is 2.38. The predicted octanol–water partition coefficient (Wildman–Crippen LogP) is 1.63. The average molecular weight is 418 g/mol. The Bertz CT molecular complexity index is 1080. The van der Waals surface area contributed by atoms with Crippen LogP contribution in [0.4, 0.5) is 10.1 Å². The van der Waals surface area contributed by atoms with Crippen LogP contribution in [-0.2, 0) is 4.79 Å². The minimum Gasteiger partial charge on any atom is -0.321 e. The summed E-state index contributed by atoms with van der Waals surface area (Å²) in [5.41, 5.74) is 6.65. The van der Waals surface area contributed by atoms with Crippen LogP contribution in [0.5, 0.6) is 0 Å². The van der Waals surface area contributed by atoms with Crippen LogP contribution in [0.3, 0.4) is 0 Å². The molecule has 0 spiro atoms. The molecular formula is C26H28FN3O+2. The highest BCUT2D eigenvalue weighted by Crippen LogP contribution is 2.41. The summed E-state index contributed by atoms with van der Waals surface area (Å²) < 4.78 is 13.7. The SMILES string of the molecule is Cc1ccc(NC(=O)C[NH+]2CC[NH+](C3c4ccccc4-c4ccccc43)CC2)cc1F. The first-order valence-electron chi connectivity index (χ1n) is 11.0. The molecule has 0 saturated carbocycles. The van der Waals surface area contributed by atoms with E-state index >= 15 is 0 Å². The summed E-state index contributed by atoms with van der Waals surface area (Å²) in [5.74, 6) is -0.349. The summed E-state index contributed by atoms with van der Waals surface area (Å²) in [6.45, 7) is 6.08. The lowest BCUT2D eigenvalue weighted by Crippen LogP contribution is -3.28. The zero-order valence-corrected chi connectivity index (χ0v) is 17.7. The van der Waals surface area contributed by atoms with Crippen LogP contribution in [0.2, 0.25) is 0 Å². The number of hydrogen-bond acceptors (Lipinski definition) is 1. The van der Waals surface area contributed by atoms with Gasteiger partial charge in [-0.2, -0.15) is 0 Å². The van der Waals surface area contributed by atoms with Crippen molar-refractivity contribution in [2.45, 2.75) is 13.0 Å². The van der Waals surface area contributed by atoms with Crippen molar-refractivity contribution in [3.63, 3.8) is 0 Å². The molecule has 5 heteroatoms. The number of halogens is 1. The number of hydrogen-bond donors (Lipinski definition) is 3. The third-order valence-electron chi connectivity index (χ3n) is 6.71. The number of piperazine rings is 1. The van der Waals surface area contributed by atoms with Gasteiger partial charge in [-0.15, -0.1) is 0 Å². The van der Waals surface area contributed by atoms with Gasteiger partial charge in [0.2, 0.25) is 0 Å². The second kappa shape index (κ2) is 8.25. The Morgan fingerprint density at radius 2 is 1.55 bits per heavy atom. The number of carbonyl (C=O) groups excluding carboxylic acids is 1. The van der Waals surface area contributed by atoms with Crippen molar-refractivity contribution >= 4 is 11.6 Å². The quantitative estimate of drug-likeness (QED) is 0.593. The number of amides is 1. The lowest BCUT2D eigenvalue weighted by atomic mass is 10.0. The molecular weight excluding hydrogens is 389 g/mol. The van der Waals surface area contributed by atoms with Crippen molar-refractivity contribution in [3.8, 4) is 11.1 Å². The van der Waals surface area contributed by atoms with Gasteiger partial charge in [0.25, 0.3) is 5.91 Å². The smallest absolute Gasteiger partial charge is 0.279 e. The van der Waals surface area contributed by atoms with Crippen LogP contribution < -0.4 is 15.1 Å². The van der Waals surface area contributed by atoms with E-state index in [1.165, 1.54) is 33.2 Å². The van der Waals surface area contributed by atoms with E-state index < -0.39 is 0 Å². The Kier molecular flexibility index (Phi) is 5.30. The van der Waals surface area contributed by atoms with Gasteiger partial charge in [-0.05, 0) is 35.7 Å². The summed E-state index contributed by atoms with van der Waals surface area (Å²) in [7, 11) is 0. The molecule has 0 radical (unpaired) electrons. The van der Waals surface area contributed by atoms with Gasteiger partial charge in [-0.1, -0.05) is 54.6 Å². The van der Waals surface area contributed by atoms with Gasteiger partial charge in [0, 0.05) is 16.8 Å². The van der Waals surface area contributed by atoms with Gasteiger partial charge in [-0.25, -0.2) is 4.39 Å². The standard InChI is InChI=1S/C26H26FN3O/c1-18-10-11-19(16-24(18)27)28-25(31)17-29-12-14-30(15-13-29)26-22-8-4-2-6-20(22)21-7-3-5-9-23(21)26/h2-11,16,26H,12-15,17H2,1H3,(H,28,31)/p+2. The Morgan fingerprint density at radius 1 is 0.935 bits per heavy atom. The maximum absolute atomic E-state index is 13.7. The Hall–Kier alpha value is -3.02. The number of aryl methyl sites for hydroxylation is 1. The number of fused-ring (bicyclic) bond motifs is 3. The first-order valence-corrected chi connectivity index (χ1v) is 11.0. The number of nitrogens with one attached hydrogen (secondary N) is 3. The molecule has 4 nitrogen and oxygen atoms in total. The van der Waals surface area contributed by atoms with Crippen LogP contribution in [0, 0.1) is 12.7 Å². The van der Waals surface area contributed by atoms with Gasteiger partial charge in [0.05, 0.1) is 0 Å². The Morgan fingerprint density at radius 3 is 2.16 bits per heavy atom. The lowest BCUT2D eigenvalue weighted by molar-refractivity contribution is -1.02. The molecule has 158 valence electrons. The molecule has 31 heavy (non-hydrogen) atoms. The second-order valence-electron chi connectivity index (χ2n) is 8.70. The van der Waals surface area contributed by atoms with E-state index in [2.05, 4.69) is 53.8 Å². The number of benzene rings is 3. The minimum atomic E-state index is -0.292. The maximum Gasteiger partial charge on any atom is 0.279 e. The fraction of sp³-hybridized carbons (Fsp3) is 0.269. The van der Waals surface area contributed by atoms with E-state index in [1.807, 2.05) is 0 Å². The van der Waals surface area contributed by atoms with Crippen LogP contribution in [0.25, 0.3) is 11.1 Å². The molecule has 1 aliphatic heterocycles. The molecule has 0 atom stereocenters. The van der Waals surface area contributed by atoms with Crippen LogP contribution in [0.1, 0.15) is 22.7 Å². The largest absolute Gasteiger partial charge is 0.321 e. The van der Waals surface area contributed by atoms with Gasteiger partial charge in [0.15, 0.2) is 6.54 Å². The second-order valence-corrected chi connectivity index (χ2v) is 8.70. The summed E-state index contributed by atoms with van der Waals surface area (Å²) >= 11 is 0. The monoisotopic (exact) mass is 417 g/mol. The van der Waals surface area contributed by atoms with E-state index in [-0.39, 0.29) is 11.7 Å². The maximum atomic E-state index is 13.7. The number of rotatable bonds is 4. The highest BCUT2D eigenvalue weighted by molar-refractivity contribution is 5.91. The van der Waals surface area contributed by atoms with Crippen molar-refractivity contribution in [1.82, 2.24) is 0 Å². The molecule has 1 saturated heterocycles. The van der Waals surface area contributed by atoms with Gasteiger partial charge in [0.1, 0.15) is 38.0 Å². The molecule has 0 unspecified atom stereocenters. The fourth-order valence-corrected chi connectivity index (χ4v) is 5.09. The summed E-state index contributed by atoms with van der Waals surface area (Å²) in [6.07, 6.45) is 0. The zero-order valence-electron chi connectivity index (χ0n) is 17.7. The van der Waals surface area contributed by atoms with E-state index in [0.717, 1.165) is 26.2 Å². The number of carbonyl (C=O) groups is 1. The summed E-state index contributed by atoms with van der Waals surface area (Å²) in [6, 6.07) is 22.7. The molecule has 5 rings (SSSR count). The molecule has 2 aliphatic rings. The van der Waals surface area contributed by atoms with E-state index in [4.69, 9.17) is 0 Å². The molecule has 1 fully saturated rings. The predicted molar refractivity (Wildman–Crippen MR) is 120 cm³/mol. The van der Waals surface area contributed by atoms with Crippen molar-refractivity contribution in [3.05, 3.63) is 89.2 Å². The topological polar surface area (TPSA) is 38.0 Å². The van der Waals surface area contributed by atoms with E-state index in [1.54, 1.807) is 24.0 Å². The molecule has 1 aliphatic carbocycles. The van der Waals surface area contributed by atoms with Crippen molar-refractivity contribution < 1.29 is 19.0 Å². The summed E-state index contributed by atoms with van der Waals surface area (Å²) in [4.78, 5) is 15.3. The first-order chi connectivity index (χ1) is 15.1. The van der Waals surface area contributed by atoms with Gasteiger partial charge >= 0.3 is 0 Å². The molecule has 1 heterocycles. The van der Waals surface area contributed by atoms with Crippen LogP contribution >= 0.6 is 0 Å². The first kappa shape index (κ1) is 19.9. The average Bonchev–Trinajstić information content (AvgIpc) is 3.11. The zero-order chi connectivity index (χ0) is 21.4. The third kappa shape index (κ3) is 3.87. The van der Waals surface area contributed by atoms with Crippen molar-refractivity contribution in [2.75, 3.05) is 38.0 Å². The van der Waals surface area contributed by atoms with Crippen molar-refractivity contribution in [2.24, 2.45) is 0 Å². The molecule has 3 aromatic rings. The molecule has 0 aromatic heterocycles. The molecule has 3 aromatic carbocycles. The minimum absolute atomic E-state index is 0.0572. The highest BCUT2D eigenvalue weighted by atomic mass is 19.1. The molecule has 1 amide bonds. The van der Waals surface area contributed by atoms with E-state index in [0.29, 0.717) is 23.8 Å². The number of anilines is 1. The Labute approximate surface area is 182 Å². The van der Waals surface area contributed by atoms with Crippen LogP contribution in [-0.4, -0.2) is 38.6 Å². The molecule has 0 bridgehead atoms. The number of quaternary nitrogens is 2. The Balaban J connectivity index is 1.23. The van der Waals surface area contributed by atoms with Crippen LogP contribution in [0.15, 0.2) is 66.7 Å². The third-order valence-corrected chi connectivity index (χ3v) is 6.71. The van der Waals surface area contributed by atoms with Gasteiger partial charge < -0.3 is 15.1 Å².